The maximum Gasteiger partial charge on any atom is 0.119 e. The van der Waals surface area contributed by atoms with E-state index < -0.39 is 6.10 Å². The van der Waals surface area contributed by atoms with Crippen LogP contribution in [0.2, 0.25) is 0 Å². The summed E-state index contributed by atoms with van der Waals surface area (Å²) in [5.74, 6) is 2.22. The summed E-state index contributed by atoms with van der Waals surface area (Å²) in [4.78, 5) is 0. The predicted molar refractivity (Wildman–Crippen MR) is 81.4 cm³/mol. The molecule has 2 N–H and O–H groups in total. The highest BCUT2D eigenvalue weighted by molar-refractivity contribution is 5.31. The Hall–Kier alpha value is -1.26. The summed E-state index contributed by atoms with van der Waals surface area (Å²) in [7, 11) is 1.63. The lowest BCUT2D eigenvalue weighted by atomic mass is 10.0. The van der Waals surface area contributed by atoms with Crippen molar-refractivity contribution in [2.45, 2.75) is 32.8 Å². The van der Waals surface area contributed by atoms with E-state index in [4.69, 9.17) is 9.47 Å². The van der Waals surface area contributed by atoms with E-state index in [1.165, 1.54) is 12.8 Å². The molecule has 0 aliphatic rings. The van der Waals surface area contributed by atoms with Crippen LogP contribution in [0.15, 0.2) is 24.3 Å². The van der Waals surface area contributed by atoms with Crippen LogP contribution in [0.5, 0.6) is 11.5 Å². The molecule has 1 unspecified atom stereocenters. The van der Waals surface area contributed by atoms with Gasteiger partial charge in [-0.25, -0.2) is 0 Å². The first-order valence-corrected chi connectivity index (χ1v) is 7.35. The number of rotatable bonds is 10. The van der Waals surface area contributed by atoms with Crippen molar-refractivity contribution >= 4 is 0 Å². The molecule has 4 nitrogen and oxygen atoms in total. The number of aliphatic hydroxyl groups is 1. The summed E-state index contributed by atoms with van der Waals surface area (Å²) in [6, 6.07) is 7.35. The van der Waals surface area contributed by atoms with Crippen molar-refractivity contribution in [2.24, 2.45) is 5.92 Å². The topological polar surface area (TPSA) is 50.7 Å². The number of methoxy groups -OCH3 is 1. The zero-order chi connectivity index (χ0) is 14.8. The van der Waals surface area contributed by atoms with Gasteiger partial charge in [0.15, 0.2) is 0 Å². The van der Waals surface area contributed by atoms with Gasteiger partial charge in [0.2, 0.25) is 0 Å². The van der Waals surface area contributed by atoms with E-state index >= 15 is 0 Å². The van der Waals surface area contributed by atoms with E-state index in [-0.39, 0.29) is 0 Å². The highest BCUT2D eigenvalue weighted by Crippen LogP contribution is 2.17. The molecule has 0 saturated carbocycles. The normalized spacial score (nSPS) is 12.4. The van der Waals surface area contributed by atoms with Crippen molar-refractivity contribution in [1.82, 2.24) is 5.32 Å². The fourth-order valence-electron chi connectivity index (χ4n) is 1.95. The zero-order valence-corrected chi connectivity index (χ0v) is 12.8. The number of benzene rings is 1. The lowest BCUT2D eigenvalue weighted by molar-refractivity contribution is 0.105. The van der Waals surface area contributed by atoms with Crippen LogP contribution >= 0.6 is 0 Å². The monoisotopic (exact) mass is 281 g/mol. The first-order valence-electron chi connectivity index (χ1n) is 7.35. The highest BCUT2D eigenvalue weighted by atomic mass is 16.5. The Bertz CT molecular complexity index is 349. The Morgan fingerprint density at radius 2 is 1.65 bits per heavy atom. The largest absolute Gasteiger partial charge is 0.497 e. The molecule has 0 bridgehead atoms. The minimum atomic E-state index is -0.494. The van der Waals surface area contributed by atoms with Crippen LogP contribution in [0.4, 0.5) is 0 Å². The van der Waals surface area contributed by atoms with Gasteiger partial charge in [0.05, 0.1) is 7.11 Å². The van der Waals surface area contributed by atoms with Crippen LogP contribution in [0.1, 0.15) is 26.7 Å². The van der Waals surface area contributed by atoms with E-state index in [1.54, 1.807) is 7.11 Å². The number of aliphatic hydroxyl groups excluding tert-OH is 1. The summed E-state index contributed by atoms with van der Waals surface area (Å²) in [6.07, 6.45) is 1.84. The molecule has 1 rings (SSSR count). The van der Waals surface area contributed by atoms with Crippen molar-refractivity contribution in [3.8, 4) is 11.5 Å². The third-order valence-electron chi connectivity index (χ3n) is 3.47. The van der Waals surface area contributed by atoms with Crippen LogP contribution in [-0.2, 0) is 0 Å². The third-order valence-corrected chi connectivity index (χ3v) is 3.47. The molecular weight excluding hydrogens is 254 g/mol. The smallest absolute Gasteiger partial charge is 0.119 e. The second-order valence-corrected chi connectivity index (χ2v) is 4.98. The Labute approximate surface area is 122 Å². The van der Waals surface area contributed by atoms with E-state index in [0.29, 0.717) is 19.1 Å². The lowest BCUT2D eigenvalue weighted by Gasteiger charge is -2.16. The first kappa shape index (κ1) is 16.8. The lowest BCUT2D eigenvalue weighted by Crippen LogP contribution is -2.34. The van der Waals surface area contributed by atoms with Crippen LogP contribution in [0.3, 0.4) is 0 Å². The molecule has 0 aliphatic carbocycles. The van der Waals surface area contributed by atoms with Gasteiger partial charge >= 0.3 is 0 Å². The predicted octanol–water partition coefficient (Wildman–Crippen LogP) is 2.46. The summed E-state index contributed by atoms with van der Waals surface area (Å²) in [6.45, 7) is 6.19. The second-order valence-electron chi connectivity index (χ2n) is 4.98. The van der Waals surface area contributed by atoms with E-state index in [9.17, 15) is 5.11 Å². The molecule has 0 fully saturated rings. The van der Waals surface area contributed by atoms with Crippen molar-refractivity contribution < 1.29 is 14.6 Å². The van der Waals surface area contributed by atoms with Gasteiger partial charge in [0, 0.05) is 6.54 Å². The number of ether oxygens (including phenoxy) is 2. The van der Waals surface area contributed by atoms with E-state index in [0.717, 1.165) is 18.0 Å². The highest BCUT2D eigenvalue weighted by Gasteiger charge is 2.07. The maximum absolute atomic E-state index is 9.86. The molecule has 0 spiro atoms. The maximum atomic E-state index is 9.86. The molecule has 1 atom stereocenters. The van der Waals surface area contributed by atoms with Gasteiger partial charge in [-0.3, -0.25) is 0 Å². The quantitative estimate of drug-likeness (QED) is 0.692. The molecule has 1 aromatic carbocycles. The van der Waals surface area contributed by atoms with Crippen LogP contribution in [0, 0.1) is 5.92 Å². The Kier molecular flexibility index (Phi) is 8.07. The van der Waals surface area contributed by atoms with Crippen LogP contribution < -0.4 is 14.8 Å². The fraction of sp³-hybridized carbons (Fsp3) is 0.625. The fourth-order valence-corrected chi connectivity index (χ4v) is 1.95. The molecule has 0 saturated heterocycles. The molecule has 0 heterocycles. The molecule has 4 heteroatoms. The molecule has 0 aromatic heterocycles. The van der Waals surface area contributed by atoms with Gasteiger partial charge in [-0.05, 0) is 36.7 Å². The van der Waals surface area contributed by atoms with Gasteiger partial charge in [0.25, 0.3) is 0 Å². The number of nitrogens with one attached hydrogen (secondary N) is 1. The van der Waals surface area contributed by atoms with Crippen LogP contribution in [-0.4, -0.2) is 38.0 Å². The van der Waals surface area contributed by atoms with Crippen molar-refractivity contribution in [3.05, 3.63) is 24.3 Å². The van der Waals surface area contributed by atoms with Gasteiger partial charge < -0.3 is 19.9 Å². The van der Waals surface area contributed by atoms with Crippen molar-refractivity contribution in [1.29, 1.82) is 0 Å². The summed E-state index contributed by atoms with van der Waals surface area (Å²) >= 11 is 0. The Morgan fingerprint density at radius 1 is 1.05 bits per heavy atom. The standard InChI is InChI=1S/C16H27NO3/c1-4-13(5-2)10-17-11-14(18)12-20-16-8-6-15(19-3)7-9-16/h6-9,13-14,17-18H,4-5,10-12H2,1-3H3. The van der Waals surface area contributed by atoms with Gasteiger partial charge in [0.1, 0.15) is 24.2 Å². The average Bonchev–Trinajstić information content (AvgIpc) is 2.50. The molecular formula is C16H27NO3. The van der Waals surface area contributed by atoms with Gasteiger partial charge in [-0.2, -0.15) is 0 Å². The SMILES string of the molecule is CCC(CC)CNCC(O)COc1ccc(OC)cc1. The molecule has 0 aliphatic heterocycles. The summed E-state index contributed by atoms with van der Waals surface area (Å²) < 4.78 is 10.6. The van der Waals surface area contributed by atoms with E-state index in [2.05, 4.69) is 19.2 Å². The van der Waals surface area contributed by atoms with Crippen molar-refractivity contribution in [3.63, 3.8) is 0 Å². The van der Waals surface area contributed by atoms with Crippen LogP contribution in [0.25, 0.3) is 0 Å². The second kappa shape index (κ2) is 9.61. The molecule has 0 amide bonds. The summed E-state index contributed by atoms with van der Waals surface area (Å²) in [5.41, 5.74) is 0. The average molecular weight is 281 g/mol. The molecule has 114 valence electrons. The van der Waals surface area contributed by atoms with Gasteiger partial charge in [-0.15, -0.1) is 0 Å². The Balaban J connectivity index is 2.20. The first-order chi connectivity index (χ1) is 9.69. The van der Waals surface area contributed by atoms with Gasteiger partial charge in [-0.1, -0.05) is 26.7 Å². The third kappa shape index (κ3) is 6.26. The zero-order valence-electron chi connectivity index (χ0n) is 12.8. The minimum Gasteiger partial charge on any atom is -0.497 e. The minimum absolute atomic E-state index is 0.294. The molecule has 0 radical (unpaired) electrons. The number of hydrogen-bond acceptors (Lipinski definition) is 4. The summed E-state index contributed by atoms with van der Waals surface area (Å²) in [5, 5.41) is 13.1. The molecule has 20 heavy (non-hydrogen) atoms. The van der Waals surface area contributed by atoms with E-state index in [1.807, 2.05) is 24.3 Å². The Morgan fingerprint density at radius 3 is 2.20 bits per heavy atom. The number of hydrogen-bond donors (Lipinski definition) is 2. The molecule has 1 aromatic rings. The van der Waals surface area contributed by atoms with Crippen molar-refractivity contribution in [2.75, 3.05) is 26.8 Å².